The summed E-state index contributed by atoms with van der Waals surface area (Å²) in [6.45, 7) is 5.20. The predicted molar refractivity (Wildman–Crippen MR) is 77.1 cm³/mol. The van der Waals surface area contributed by atoms with Crippen molar-refractivity contribution in [3.05, 3.63) is 53.1 Å². The fourth-order valence-electron chi connectivity index (χ4n) is 1.99. The highest BCUT2D eigenvalue weighted by Gasteiger charge is 2.10. The topological polar surface area (TPSA) is 60.1 Å². The first-order valence-electron chi connectivity index (χ1n) is 6.49. The Bertz CT molecular complexity index is 634. The summed E-state index contributed by atoms with van der Waals surface area (Å²) in [5.74, 6) is -1.07. The Kier molecular flexibility index (Phi) is 4.08. The van der Waals surface area contributed by atoms with Gasteiger partial charge in [0, 0.05) is 42.3 Å². The van der Waals surface area contributed by atoms with Gasteiger partial charge in [-0.15, -0.1) is 0 Å². The number of primary amides is 1. The van der Waals surface area contributed by atoms with Gasteiger partial charge in [0.15, 0.2) is 0 Å². The van der Waals surface area contributed by atoms with E-state index < -0.39 is 11.7 Å². The monoisotopic (exact) mass is 275 g/mol. The van der Waals surface area contributed by atoms with E-state index in [1.807, 2.05) is 18.5 Å². The SMILES string of the molecule is CCn1ccc(CNc2cc(C(N)=O)cc(F)c2C)c1. The van der Waals surface area contributed by atoms with Crippen LogP contribution in [0.4, 0.5) is 10.1 Å². The molecule has 4 nitrogen and oxygen atoms in total. The second-order valence-corrected chi connectivity index (χ2v) is 4.70. The highest BCUT2D eigenvalue weighted by atomic mass is 19.1. The third-order valence-corrected chi connectivity index (χ3v) is 3.29. The van der Waals surface area contributed by atoms with Crippen LogP contribution in [-0.4, -0.2) is 10.5 Å². The average Bonchev–Trinajstić information content (AvgIpc) is 2.88. The molecule has 0 saturated heterocycles. The highest BCUT2D eigenvalue weighted by Crippen LogP contribution is 2.21. The van der Waals surface area contributed by atoms with Crippen LogP contribution in [0.2, 0.25) is 0 Å². The molecule has 0 spiro atoms. The van der Waals surface area contributed by atoms with Crippen molar-refractivity contribution >= 4 is 11.6 Å². The van der Waals surface area contributed by atoms with Crippen LogP contribution in [0, 0.1) is 12.7 Å². The normalized spacial score (nSPS) is 10.6. The number of carbonyl (C=O) groups is 1. The molecule has 0 unspecified atom stereocenters. The minimum atomic E-state index is -0.635. The van der Waals surface area contributed by atoms with E-state index in [-0.39, 0.29) is 5.56 Å². The number of hydrogen-bond donors (Lipinski definition) is 2. The second kappa shape index (κ2) is 5.77. The van der Waals surface area contributed by atoms with Gasteiger partial charge in [-0.2, -0.15) is 0 Å². The minimum absolute atomic E-state index is 0.168. The summed E-state index contributed by atoms with van der Waals surface area (Å²) in [7, 11) is 0. The zero-order chi connectivity index (χ0) is 14.7. The lowest BCUT2D eigenvalue weighted by Crippen LogP contribution is -2.13. The second-order valence-electron chi connectivity index (χ2n) is 4.70. The van der Waals surface area contributed by atoms with Crippen LogP contribution in [0.25, 0.3) is 0 Å². The molecule has 0 radical (unpaired) electrons. The smallest absolute Gasteiger partial charge is 0.248 e. The Hall–Kier alpha value is -2.30. The van der Waals surface area contributed by atoms with Crippen molar-refractivity contribution in [2.45, 2.75) is 26.9 Å². The number of halogens is 1. The van der Waals surface area contributed by atoms with Gasteiger partial charge in [0.25, 0.3) is 0 Å². The number of nitrogens with one attached hydrogen (secondary N) is 1. The van der Waals surface area contributed by atoms with Crippen molar-refractivity contribution in [2.75, 3.05) is 5.32 Å². The molecule has 5 heteroatoms. The number of nitrogens with zero attached hydrogens (tertiary/aromatic N) is 1. The first-order valence-corrected chi connectivity index (χ1v) is 6.49. The van der Waals surface area contributed by atoms with E-state index >= 15 is 0 Å². The van der Waals surface area contributed by atoms with Gasteiger partial charge in [-0.25, -0.2) is 4.39 Å². The zero-order valence-corrected chi connectivity index (χ0v) is 11.6. The van der Waals surface area contributed by atoms with Crippen LogP contribution in [0.5, 0.6) is 0 Å². The number of aromatic nitrogens is 1. The van der Waals surface area contributed by atoms with Crippen molar-refractivity contribution in [1.82, 2.24) is 4.57 Å². The van der Waals surface area contributed by atoms with E-state index in [1.54, 1.807) is 13.0 Å². The molecule has 20 heavy (non-hydrogen) atoms. The van der Waals surface area contributed by atoms with E-state index in [1.165, 1.54) is 0 Å². The summed E-state index contributed by atoms with van der Waals surface area (Å²) in [5, 5.41) is 3.14. The first kappa shape index (κ1) is 14.1. The van der Waals surface area contributed by atoms with E-state index in [0.29, 0.717) is 17.8 Å². The molecule has 3 N–H and O–H groups in total. The van der Waals surface area contributed by atoms with Gasteiger partial charge < -0.3 is 15.6 Å². The Morgan fingerprint density at radius 1 is 1.45 bits per heavy atom. The number of anilines is 1. The third-order valence-electron chi connectivity index (χ3n) is 3.29. The number of nitrogens with two attached hydrogens (primary N) is 1. The minimum Gasteiger partial charge on any atom is -0.381 e. The quantitative estimate of drug-likeness (QED) is 0.881. The summed E-state index contributed by atoms with van der Waals surface area (Å²) < 4.78 is 15.8. The molecular weight excluding hydrogens is 257 g/mol. The number of rotatable bonds is 5. The Labute approximate surface area is 117 Å². The number of carbonyl (C=O) groups excluding carboxylic acids is 1. The van der Waals surface area contributed by atoms with Crippen LogP contribution in [0.3, 0.4) is 0 Å². The molecule has 0 aliphatic rings. The lowest BCUT2D eigenvalue weighted by atomic mass is 10.1. The van der Waals surface area contributed by atoms with Crippen LogP contribution >= 0.6 is 0 Å². The van der Waals surface area contributed by atoms with Crippen molar-refractivity contribution in [3.63, 3.8) is 0 Å². The Balaban J connectivity index is 2.18. The average molecular weight is 275 g/mol. The molecule has 0 atom stereocenters. The molecule has 0 aliphatic carbocycles. The first-order chi connectivity index (χ1) is 9.51. The van der Waals surface area contributed by atoms with Gasteiger partial charge >= 0.3 is 0 Å². The fourth-order valence-corrected chi connectivity index (χ4v) is 1.99. The zero-order valence-electron chi connectivity index (χ0n) is 11.6. The summed E-state index contributed by atoms with van der Waals surface area (Å²) in [5.41, 5.74) is 7.52. The Morgan fingerprint density at radius 3 is 2.80 bits per heavy atom. The molecule has 1 amide bonds. The van der Waals surface area contributed by atoms with Gasteiger partial charge in [0.2, 0.25) is 5.91 Å². The fraction of sp³-hybridized carbons (Fsp3) is 0.267. The maximum absolute atomic E-state index is 13.7. The van der Waals surface area contributed by atoms with E-state index in [0.717, 1.165) is 18.2 Å². The van der Waals surface area contributed by atoms with Gasteiger partial charge in [-0.3, -0.25) is 4.79 Å². The molecule has 2 aromatic rings. The van der Waals surface area contributed by atoms with Crippen molar-refractivity contribution in [2.24, 2.45) is 5.73 Å². The molecule has 106 valence electrons. The summed E-state index contributed by atoms with van der Waals surface area (Å²) in [4.78, 5) is 11.2. The molecule has 1 heterocycles. The Morgan fingerprint density at radius 2 is 2.20 bits per heavy atom. The molecule has 2 rings (SSSR count). The number of amides is 1. The number of benzene rings is 1. The molecule has 0 bridgehead atoms. The number of hydrogen-bond acceptors (Lipinski definition) is 2. The van der Waals surface area contributed by atoms with Crippen LogP contribution < -0.4 is 11.1 Å². The lowest BCUT2D eigenvalue weighted by molar-refractivity contribution is 0.1000. The van der Waals surface area contributed by atoms with Gasteiger partial charge in [0.05, 0.1) is 0 Å². The van der Waals surface area contributed by atoms with Crippen LogP contribution in [0.15, 0.2) is 30.6 Å². The predicted octanol–water partition coefficient (Wildman–Crippen LogP) is 2.67. The maximum Gasteiger partial charge on any atom is 0.248 e. The third kappa shape index (κ3) is 2.99. The molecule has 0 aliphatic heterocycles. The summed E-state index contributed by atoms with van der Waals surface area (Å²) >= 11 is 0. The highest BCUT2D eigenvalue weighted by molar-refractivity contribution is 5.94. The molecule has 1 aromatic carbocycles. The summed E-state index contributed by atoms with van der Waals surface area (Å²) in [6, 6.07) is 4.74. The molecule has 0 fully saturated rings. The maximum atomic E-state index is 13.7. The lowest BCUT2D eigenvalue weighted by Gasteiger charge is -2.11. The van der Waals surface area contributed by atoms with Crippen molar-refractivity contribution in [1.29, 1.82) is 0 Å². The van der Waals surface area contributed by atoms with Gasteiger partial charge in [-0.1, -0.05) is 0 Å². The summed E-state index contributed by atoms with van der Waals surface area (Å²) in [6.07, 6.45) is 4.01. The number of aryl methyl sites for hydroxylation is 1. The molecule has 1 aromatic heterocycles. The van der Waals surface area contributed by atoms with Gasteiger partial charge in [0.1, 0.15) is 5.82 Å². The largest absolute Gasteiger partial charge is 0.381 e. The van der Waals surface area contributed by atoms with Crippen molar-refractivity contribution < 1.29 is 9.18 Å². The van der Waals surface area contributed by atoms with E-state index in [2.05, 4.69) is 16.8 Å². The van der Waals surface area contributed by atoms with Gasteiger partial charge in [-0.05, 0) is 37.6 Å². The van der Waals surface area contributed by atoms with E-state index in [4.69, 9.17) is 5.73 Å². The molecular formula is C15H18FN3O. The van der Waals surface area contributed by atoms with Crippen molar-refractivity contribution in [3.8, 4) is 0 Å². The van der Waals surface area contributed by atoms with Crippen LogP contribution in [0.1, 0.15) is 28.4 Å². The van der Waals surface area contributed by atoms with Crippen LogP contribution in [-0.2, 0) is 13.1 Å². The molecule has 0 saturated carbocycles. The standard InChI is InChI=1S/C15H18FN3O/c1-3-19-5-4-11(9-19)8-18-14-7-12(15(17)20)6-13(16)10(14)2/h4-7,9,18H,3,8H2,1-2H3,(H2,17,20). The van der Waals surface area contributed by atoms with E-state index in [9.17, 15) is 9.18 Å².